The molecular weight excluding hydrogens is 369 g/mol. The Morgan fingerprint density at radius 2 is 1.88 bits per heavy atom. The molecule has 6 heteroatoms. The molecule has 0 bridgehead atoms. The lowest BCUT2D eigenvalue weighted by molar-refractivity contribution is 0.0572. The molecule has 0 spiro atoms. The summed E-state index contributed by atoms with van der Waals surface area (Å²) < 4.78 is 0. The maximum Gasteiger partial charge on any atom is 0.255 e. The Morgan fingerprint density at radius 1 is 1.19 bits per heavy atom. The summed E-state index contributed by atoms with van der Waals surface area (Å²) in [6.45, 7) is 5.43. The van der Waals surface area contributed by atoms with Gasteiger partial charge in [0.25, 0.3) is 5.91 Å². The van der Waals surface area contributed by atoms with Crippen LogP contribution in [0.2, 0.25) is 0 Å². The number of carbonyl (C=O) groups excluding carboxylic acids is 1. The van der Waals surface area contributed by atoms with Crippen LogP contribution in [0.5, 0.6) is 0 Å². The molecule has 1 saturated heterocycles. The van der Waals surface area contributed by atoms with Gasteiger partial charge in [0.05, 0.1) is 17.0 Å². The fourth-order valence-electron chi connectivity index (χ4n) is 3.45. The molecule has 1 aliphatic heterocycles. The molecule has 142 valence electrons. The number of carbonyl (C=O) groups is 1. The van der Waals surface area contributed by atoms with Crippen molar-refractivity contribution in [3.05, 3.63) is 53.7 Å². The molecule has 1 fully saturated rings. The molecule has 4 nitrogen and oxygen atoms in total. The van der Waals surface area contributed by atoms with E-state index in [4.69, 9.17) is 5.73 Å². The molecule has 2 aromatic rings. The average Bonchev–Trinajstić information content (AvgIpc) is 2.61. The number of pyridine rings is 1. The molecule has 3 rings (SSSR count). The topological polar surface area (TPSA) is 59.2 Å². The quantitative estimate of drug-likeness (QED) is 0.850. The SMILES string of the molecule is Cc1nc(-c2ccccc2)ccc1C(=O)N1CCC(C)CC1CN.Cl.Cl. The second kappa shape index (κ2) is 9.91. The van der Waals surface area contributed by atoms with E-state index < -0.39 is 0 Å². The minimum Gasteiger partial charge on any atom is -0.334 e. The first-order valence-corrected chi connectivity index (χ1v) is 8.64. The van der Waals surface area contributed by atoms with Crippen molar-refractivity contribution in [2.45, 2.75) is 32.7 Å². The van der Waals surface area contributed by atoms with Crippen LogP contribution in [0.1, 0.15) is 35.8 Å². The number of halogens is 2. The monoisotopic (exact) mass is 395 g/mol. The number of hydrogen-bond acceptors (Lipinski definition) is 3. The van der Waals surface area contributed by atoms with Crippen molar-refractivity contribution in [3.8, 4) is 11.3 Å². The summed E-state index contributed by atoms with van der Waals surface area (Å²) in [6.07, 6.45) is 2.02. The zero-order valence-electron chi connectivity index (χ0n) is 15.2. The van der Waals surface area contributed by atoms with Crippen LogP contribution < -0.4 is 5.73 Å². The van der Waals surface area contributed by atoms with Gasteiger partial charge in [0.15, 0.2) is 0 Å². The predicted molar refractivity (Wildman–Crippen MR) is 111 cm³/mol. The van der Waals surface area contributed by atoms with Crippen LogP contribution in [-0.2, 0) is 0 Å². The molecule has 1 aromatic carbocycles. The van der Waals surface area contributed by atoms with Gasteiger partial charge in [-0.05, 0) is 37.8 Å². The van der Waals surface area contributed by atoms with Crippen molar-refractivity contribution in [1.29, 1.82) is 0 Å². The molecule has 1 aliphatic rings. The molecule has 26 heavy (non-hydrogen) atoms. The van der Waals surface area contributed by atoms with Crippen LogP contribution in [0.4, 0.5) is 0 Å². The zero-order valence-corrected chi connectivity index (χ0v) is 16.9. The van der Waals surface area contributed by atoms with Gasteiger partial charge in [-0.3, -0.25) is 9.78 Å². The van der Waals surface area contributed by atoms with Crippen molar-refractivity contribution in [2.75, 3.05) is 13.1 Å². The van der Waals surface area contributed by atoms with Crippen LogP contribution in [0.3, 0.4) is 0 Å². The summed E-state index contributed by atoms with van der Waals surface area (Å²) in [5, 5.41) is 0. The summed E-state index contributed by atoms with van der Waals surface area (Å²) in [5.74, 6) is 0.684. The molecule has 2 atom stereocenters. The second-order valence-electron chi connectivity index (χ2n) is 6.71. The molecule has 0 saturated carbocycles. The average molecular weight is 396 g/mol. The second-order valence-corrected chi connectivity index (χ2v) is 6.71. The van der Waals surface area contributed by atoms with E-state index in [1.807, 2.05) is 54.3 Å². The lowest BCUT2D eigenvalue weighted by Gasteiger charge is -2.38. The zero-order chi connectivity index (χ0) is 17.1. The Bertz CT molecular complexity index is 724. The molecule has 1 amide bonds. The standard InChI is InChI=1S/C20H25N3O.2ClH/c1-14-10-11-23(17(12-14)13-21)20(24)18-8-9-19(22-15(18)2)16-6-4-3-5-7-16;;/h3-9,14,17H,10-13,21H2,1-2H3;2*1H. The maximum atomic E-state index is 13.0. The van der Waals surface area contributed by atoms with Gasteiger partial charge in [0.1, 0.15) is 0 Å². The van der Waals surface area contributed by atoms with Gasteiger partial charge in [0.2, 0.25) is 0 Å². The first-order chi connectivity index (χ1) is 11.6. The lowest BCUT2D eigenvalue weighted by atomic mass is 9.91. The number of nitrogens with two attached hydrogens (primary N) is 1. The Morgan fingerprint density at radius 3 is 2.50 bits per heavy atom. The number of hydrogen-bond donors (Lipinski definition) is 1. The minimum absolute atomic E-state index is 0. The Labute approximate surface area is 168 Å². The van der Waals surface area contributed by atoms with E-state index >= 15 is 0 Å². The number of rotatable bonds is 3. The van der Waals surface area contributed by atoms with Gasteiger partial charge in [-0.1, -0.05) is 37.3 Å². The molecule has 0 radical (unpaired) electrons. The number of amides is 1. The summed E-state index contributed by atoms with van der Waals surface area (Å²) in [6, 6.07) is 14.0. The van der Waals surface area contributed by atoms with Gasteiger partial charge < -0.3 is 10.6 Å². The Hall–Kier alpha value is -1.62. The maximum absolute atomic E-state index is 13.0. The van der Waals surface area contributed by atoms with Crippen LogP contribution >= 0.6 is 24.8 Å². The first kappa shape index (κ1) is 22.4. The van der Waals surface area contributed by atoms with E-state index in [2.05, 4.69) is 11.9 Å². The fourth-order valence-corrected chi connectivity index (χ4v) is 3.45. The molecule has 2 heterocycles. The van der Waals surface area contributed by atoms with Crippen molar-refractivity contribution < 1.29 is 4.79 Å². The van der Waals surface area contributed by atoms with E-state index in [0.29, 0.717) is 18.0 Å². The molecule has 1 aromatic heterocycles. The summed E-state index contributed by atoms with van der Waals surface area (Å²) in [4.78, 5) is 19.6. The highest BCUT2D eigenvalue weighted by molar-refractivity contribution is 5.95. The smallest absolute Gasteiger partial charge is 0.255 e. The summed E-state index contributed by atoms with van der Waals surface area (Å²) in [7, 11) is 0. The van der Waals surface area contributed by atoms with Crippen LogP contribution in [0.15, 0.2) is 42.5 Å². The van der Waals surface area contributed by atoms with Gasteiger partial charge in [-0.25, -0.2) is 0 Å². The first-order valence-electron chi connectivity index (χ1n) is 8.64. The number of nitrogens with zero attached hydrogens (tertiary/aromatic N) is 2. The molecule has 2 unspecified atom stereocenters. The predicted octanol–water partition coefficient (Wildman–Crippen LogP) is 4.10. The van der Waals surface area contributed by atoms with Crippen LogP contribution in [0.25, 0.3) is 11.3 Å². The third-order valence-electron chi connectivity index (χ3n) is 4.90. The van der Waals surface area contributed by atoms with Crippen molar-refractivity contribution in [3.63, 3.8) is 0 Å². The largest absolute Gasteiger partial charge is 0.334 e. The van der Waals surface area contributed by atoms with Gasteiger partial charge in [-0.2, -0.15) is 0 Å². The lowest BCUT2D eigenvalue weighted by Crippen LogP contribution is -2.49. The number of aromatic nitrogens is 1. The van der Waals surface area contributed by atoms with E-state index in [1.165, 1.54) is 0 Å². The van der Waals surface area contributed by atoms with E-state index in [1.54, 1.807) is 0 Å². The highest BCUT2D eigenvalue weighted by atomic mass is 35.5. The van der Waals surface area contributed by atoms with E-state index in [-0.39, 0.29) is 36.8 Å². The number of benzene rings is 1. The third-order valence-corrected chi connectivity index (χ3v) is 4.90. The third kappa shape index (κ3) is 4.76. The number of likely N-dealkylation sites (tertiary alicyclic amines) is 1. The molecule has 2 N–H and O–H groups in total. The van der Waals surface area contributed by atoms with Crippen molar-refractivity contribution in [1.82, 2.24) is 9.88 Å². The van der Waals surface area contributed by atoms with Crippen molar-refractivity contribution >= 4 is 30.7 Å². The molecule has 0 aliphatic carbocycles. The minimum atomic E-state index is 0. The fraction of sp³-hybridized carbons (Fsp3) is 0.400. The van der Waals surface area contributed by atoms with Gasteiger partial charge >= 0.3 is 0 Å². The highest BCUT2D eigenvalue weighted by Crippen LogP contribution is 2.25. The van der Waals surface area contributed by atoms with Crippen molar-refractivity contribution in [2.24, 2.45) is 11.7 Å². The Balaban J connectivity index is 0.00000169. The van der Waals surface area contributed by atoms with Crippen LogP contribution in [-0.4, -0.2) is 34.9 Å². The number of piperidine rings is 1. The Kier molecular flexibility index (Phi) is 8.54. The van der Waals surface area contributed by atoms with E-state index in [0.717, 1.165) is 36.3 Å². The van der Waals surface area contributed by atoms with E-state index in [9.17, 15) is 4.79 Å². The normalized spacial score (nSPS) is 19.3. The van der Waals surface area contributed by atoms with Crippen LogP contribution in [0, 0.1) is 12.8 Å². The number of aryl methyl sites for hydroxylation is 1. The summed E-state index contributed by atoms with van der Waals surface area (Å²) >= 11 is 0. The highest BCUT2D eigenvalue weighted by Gasteiger charge is 2.30. The van der Waals surface area contributed by atoms with Gasteiger partial charge in [-0.15, -0.1) is 24.8 Å². The summed E-state index contributed by atoms with van der Waals surface area (Å²) in [5.41, 5.74) is 9.31. The van der Waals surface area contributed by atoms with Gasteiger partial charge in [0, 0.05) is 24.7 Å². The molecular formula is C20H27Cl2N3O.